The quantitative estimate of drug-likeness (QED) is 0.325. The van der Waals surface area contributed by atoms with Crippen LogP contribution in [-0.4, -0.2) is 26.6 Å². The molecule has 0 spiro atoms. The third-order valence-corrected chi connectivity index (χ3v) is 6.25. The average Bonchev–Trinajstić information content (AvgIpc) is 3.34. The average molecular weight is 465 g/mol. The van der Waals surface area contributed by atoms with Gasteiger partial charge in [0.25, 0.3) is 11.8 Å². The van der Waals surface area contributed by atoms with Crippen LogP contribution in [0.2, 0.25) is 5.02 Å². The van der Waals surface area contributed by atoms with E-state index in [1.165, 1.54) is 0 Å². The summed E-state index contributed by atoms with van der Waals surface area (Å²) in [5.74, 6) is -0.465. The third kappa shape index (κ3) is 3.19. The molecule has 0 unspecified atom stereocenters. The van der Waals surface area contributed by atoms with Crippen LogP contribution in [-0.2, 0) is 6.54 Å². The van der Waals surface area contributed by atoms with Gasteiger partial charge in [0.1, 0.15) is 0 Å². The Morgan fingerprint density at radius 1 is 0.794 bits per heavy atom. The predicted octanol–water partition coefficient (Wildman–Crippen LogP) is 5.60. The molecule has 0 saturated carbocycles. The number of rotatable bonds is 4. The van der Waals surface area contributed by atoms with Gasteiger partial charge in [-0.2, -0.15) is 5.10 Å². The molecular formula is C27H17ClN4O2. The number of hydrogen-bond acceptors (Lipinski definition) is 4. The summed E-state index contributed by atoms with van der Waals surface area (Å²) in [6, 6.07) is 26.0. The van der Waals surface area contributed by atoms with E-state index in [1.807, 2.05) is 53.2 Å². The van der Waals surface area contributed by atoms with E-state index in [-0.39, 0.29) is 11.8 Å². The second kappa shape index (κ2) is 7.93. The maximum atomic E-state index is 13.3. The standard InChI is InChI=1S/C27H17ClN4O2/c28-22-11-6-14-29-24(22)18-12-13-23-21(15-18)25(30-31(23)16-17-7-2-1-3-8-17)32-26(33)19-9-4-5-10-20(19)27(32)34/h1-15H,16H2. The second-order valence-electron chi connectivity index (χ2n) is 8.02. The largest absolute Gasteiger partial charge is 0.268 e. The van der Waals surface area contributed by atoms with Crippen molar-refractivity contribution in [2.45, 2.75) is 6.54 Å². The number of amides is 2. The number of carbonyl (C=O) groups is 2. The van der Waals surface area contributed by atoms with Crippen molar-refractivity contribution in [1.29, 1.82) is 0 Å². The molecule has 2 amide bonds. The molecule has 0 N–H and O–H groups in total. The predicted molar refractivity (Wildman–Crippen MR) is 131 cm³/mol. The Balaban J connectivity index is 1.55. The van der Waals surface area contributed by atoms with Crippen LogP contribution in [0.1, 0.15) is 26.3 Å². The Hall–Kier alpha value is -4.29. The van der Waals surface area contributed by atoms with Crippen LogP contribution >= 0.6 is 11.6 Å². The molecule has 0 atom stereocenters. The summed E-state index contributed by atoms with van der Waals surface area (Å²) in [5, 5.41) is 5.94. The number of pyridine rings is 1. The molecule has 5 aromatic rings. The monoisotopic (exact) mass is 464 g/mol. The molecule has 3 aromatic carbocycles. The van der Waals surface area contributed by atoms with Gasteiger partial charge in [0.15, 0.2) is 5.82 Å². The number of halogens is 1. The molecule has 2 aromatic heterocycles. The Kier molecular flexibility index (Phi) is 4.74. The zero-order valence-corrected chi connectivity index (χ0v) is 18.6. The van der Waals surface area contributed by atoms with E-state index in [0.717, 1.165) is 21.5 Å². The summed E-state index contributed by atoms with van der Waals surface area (Å²) in [6.45, 7) is 0.490. The fraction of sp³-hybridized carbons (Fsp3) is 0.0370. The lowest BCUT2D eigenvalue weighted by atomic mass is 10.1. The SMILES string of the molecule is O=C1c2ccccc2C(=O)N1c1nn(Cc2ccccc2)c2ccc(-c3ncccc3Cl)cc12. The zero-order chi connectivity index (χ0) is 23.2. The van der Waals surface area contributed by atoms with Gasteiger partial charge in [0.05, 0.1) is 33.9 Å². The number of benzene rings is 3. The van der Waals surface area contributed by atoms with E-state index in [1.54, 1.807) is 42.6 Å². The van der Waals surface area contributed by atoms with Gasteiger partial charge in [-0.1, -0.05) is 60.1 Å². The van der Waals surface area contributed by atoms with Crippen molar-refractivity contribution in [3.63, 3.8) is 0 Å². The van der Waals surface area contributed by atoms with Crippen molar-refractivity contribution in [2.75, 3.05) is 4.90 Å². The molecule has 0 bridgehead atoms. The highest BCUT2D eigenvalue weighted by atomic mass is 35.5. The van der Waals surface area contributed by atoms with Crippen molar-refractivity contribution in [2.24, 2.45) is 0 Å². The highest BCUT2D eigenvalue weighted by molar-refractivity contribution is 6.35. The van der Waals surface area contributed by atoms with Gasteiger partial charge < -0.3 is 0 Å². The van der Waals surface area contributed by atoms with Crippen LogP contribution in [0.5, 0.6) is 0 Å². The van der Waals surface area contributed by atoms with Gasteiger partial charge in [-0.25, -0.2) is 4.90 Å². The molecule has 1 aliphatic rings. The van der Waals surface area contributed by atoms with E-state index < -0.39 is 0 Å². The highest BCUT2D eigenvalue weighted by Gasteiger charge is 2.39. The molecule has 3 heterocycles. The maximum Gasteiger partial charge on any atom is 0.267 e. The first-order chi connectivity index (χ1) is 16.6. The first kappa shape index (κ1) is 20.3. The number of carbonyl (C=O) groups excluding carboxylic acids is 2. The van der Waals surface area contributed by atoms with Gasteiger partial charge >= 0.3 is 0 Å². The van der Waals surface area contributed by atoms with Crippen molar-refractivity contribution < 1.29 is 9.59 Å². The van der Waals surface area contributed by atoms with Gasteiger partial charge in [-0.05, 0) is 42.0 Å². The van der Waals surface area contributed by atoms with Crippen LogP contribution in [0.4, 0.5) is 5.82 Å². The number of fused-ring (bicyclic) bond motifs is 2. The molecule has 0 saturated heterocycles. The van der Waals surface area contributed by atoms with E-state index in [2.05, 4.69) is 4.98 Å². The normalized spacial score (nSPS) is 13.0. The first-order valence-corrected chi connectivity index (χ1v) is 11.1. The van der Waals surface area contributed by atoms with Gasteiger partial charge in [0.2, 0.25) is 0 Å². The number of hydrogen-bond donors (Lipinski definition) is 0. The highest BCUT2D eigenvalue weighted by Crippen LogP contribution is 2.36. The van der Waals surface area contributed by atoms with Crippen LogP contribution in [0.15, 0.2) is 91.1 Å². The summed E-state index contributed by atoms with van der Waals surface area (Å²) in [5.41, 5.74) is 4.00. The van der Waals surface area contributed by atoms with E-state index in [0.29, 0.717) is 39.6 Å². The van der Waals surface area contributed by atoms with E-state index in [4.69, 9.17) is 16.7 Å². The smallest absolute Gasteiger partial charge is 0.267 e. The fourth-order valence-electron chi connectivity index (χ4n) is 4.33. The van der Waals surface area contributed by atoms with E-state index >= 15 is 0 Å². The van der Waals surface area contributed by atoms with Crippen molar-refractivity contribution >= 4 is 40.1 Å². The summed E-state index contributed by atoms with van der Waals surface area (Å²) in [6.07, 6.45) is 1.68. The molecule has 164 valence electrons. The lowest BCUT2D eigenvalue weighted by Gasteiger charge is -2.11. The van der Waals surface area contributed by atoms with E-state index in [9.17, 15) is 9.59 Å². The molecule has 34 heavy (non-hydrogen) atoms. The van der Waals surface area contributed by atoms with Gasteiger partial charge in [0, 0.05) is 17.1 Å². The number of anilines is 1. The van der Waals surface area contributed by atoms with Gasteiger partial charge in [-0.15, -0.1) is 0 Å². The molecule has 0 radical (unpaired) electrons. The Morgan fingerprint density at radius 3 is 2.21 bits per heavy atom. The molecule has 6 nitrogen and oxygen atoms in total. The summed E-state index contributed by atoms with van der Waals surface area (Å²) in [7, 11) is 0. The van der Waals surface area contributed by atoms with Crippen molar-refractivity contribution in [1.82, 2.24) is 14.8 Å². The summed E-state index contributed by atoms with van der Waals surface area (Å²) in [4.78, 5) is 32.1. The first-order valence-electron chi connectivity index (χ1n) is 10.7. The Morgan fingerprint density at radius 2 is 1.50 bits per heavy atom. The van der Waals surface area contributed by atoms with Crippen molar-refractivity contribution in [3.8, 4) is 11.3 Å². The van der Waals surface area contributed by atoms with Gasteiger partial charge in [-0.3, -0.25) is 19.3 Å². The van der Waals surface area contributed by atoms with Crippen LogP contribution in [0, 0.1) is 0 Å². The van der Waals surface area contributed by atoms with Crippen LogP contribution in [0.25, 0.3) is 22.2 Å². The minimum absolute atomic E-state index is 0.297. The molecule has 7 heteroatoms. The number of imide groups is 1. The Labute approximate surface area is 200 Å². The second-order valence-corrected chi connectivity index (χ2v) is 8.43. The molecule has 6 rings (SSSR count). The summed E-state index contributed by atoms with van der Waals surface area (Å²) < 4.78 is 1.81. The summed E-state index contributed by atoms with van der Waals surface area (Å²) >= 11 is 6.39. The minimum atomic E-state index is -0.381. The fourth-order valence-corrected chi connectivity index (χ4v) is 4.56. The molecule has 1 aliphatic heterocycles. The number of aromatic nitrogens is 3. The van der Waals surface area contributed by atoms with Crippen molar-refractivity contribution in [3.05, 3.63) is 113 Å². The Bertz CT molecular complexity index is 1560. The third-order valence-electron chi connectivity index (χ3n) is 5.94. The zero-order valence-electron chi connectivity index (χ0n) is 17.9. The molecule has 0 fully saturated rings. The maximum absolute atomic E-state index is 13.3. The topological polar surface area (TPSA) is 68.1 Å². The molecule has 0 aliphatic carbocycles. The molecular weight excluding hydrogens is 448 g/mol. The lowest BCUT2D eigenvalue weighted by molar-refractivity contribution is 0.0925. The minimum Gasteiger partial charge on any atom is -0.268 e. The van der Waals surface area contributed by atoms with Crippen LogP contribution in [0.3, 0.4) is 0 Å². The number of nitrogens with zero attached hydrogens (tertiary/aromatic N) is 4. The lowest BCUT2D eigenvalue weighted by Crippen LogP contribution is -2.30. The van der Waals surface area contributed by atoms with Crippen LogP contribution < -0.4 is 4.90 Å².